The van der Waals surface area contributed by atoms with Gasteiger partial charge in [-0.2, -0.15) is 13.2 Å². The Morgan fingerprint density at radius 3 is 2.53 bits per heavy atom. The van der Waals surface area contributed by atoms with Crippen LogP contribution in [0.3, 0.4) is 0 Å². The molecule has 1 rings (SSSR count). The van der Waals surface area contributed by atoms with E-state index in [1.807, 2.05) is 13.8 Å². The van der Waals surface area contributed by atoms with Crippen molar-refractivity contribution in [2.75, 3.05) is 6.54 Å². The molecule has 0 spiro atoms. The van der Waals surface area contributed by atoms with Gasteiger partial charge in [-0.25, -0.2) is 0 Å². The van der Waals surface area contributed by atoms with Crippen molar-refractivity contribution in [3.63, 3.8) is 0 Å². The second kappa shape index (κ2) is 5.08. The Morgan fingerprint density at radius 2 is 2.06 bits per heavy atom. The zero-order valence-corrected chi connectivity index (χ0v) is 10.1. The molecule has 0 saturated carbocycles. The molecule has 6 heteroatoms. The van der Waals surface area contributed by atoms with Crippen LogP contribution in [0.1, 0.15) is 20.8 Å². The second-order valence-corrected chi connectivity index (χ2v) is 4.51. The quantitative estimate of drug-likeness (QED) is 0.829. The maximum atomic E-state index is 12.1. The molecular weight excluding hydrogens is 233 g/mol. The molecule has 0 bridgehead atoms. The summed E-state index contributed by atoms with van der Waals surface area (Å²) >= 11 is 0. The Labute approximate surface area is 98.7 Å². The number of alkyl halides is 3. The van der Waals surface area contributed by atoms with Crippen molar-refractivity contribution < 1.29 is 18.0 Å². The second-order valence-electron chi connectivity index (χ2n) is 4.51. The van der Waals surface area contributed by atoms with Crippen LogP contribution in [0.5, 0.6) is 0 Å². The van der Waals surface area contributed by atoms with Gasteiger partial charge in [0, 0.05) is 18.2 Å². The molecule has 2 atom stereocenters. The predicted octanol–water partition coefficient (Wildman–Crippen LogP) is 1.91. The van der Waals surface area contributed by atoms with Crippen LogP contribution in [0, 0.1) is 5.92 Å². The molecule has 1 heterocycles. The third-order valence-corrected chi connectivity index (χ3v) is 2.68. The summed E-state index contributed by atoms with van der Waals surface area (Å²) in [6, 6.07) is -0.856. The standard InChI is InChI=1S/C11H17F3N2O/c1-7(2)16-5-4-8(3)9(10(16)17)15-6-11(12,13)14/h4-5,7-9,15H,6H2,1-3H3. The van der Waals surface area contributed by atoms with Crippen LogP contribution in [-0.4, -0.2) is 35.6 Å². The van der Waals surface area contributed by atoms with Gasteiger partial charge in [0.05, 0.1) is 12.6 Å². The third-order valence-electron chi connectivity index (χ3n) is 2.68. The van der Waals surface area contributed by atoms with Gasteiger partial charge in [0.1, 0.15) is 0 Å². The van der Waals surface area contributed by atoms with E-state index in [-0.39, 0.29) is 17.9 Å². The highest BCUT2D eigenvalue weighted by molar-refractivity contribution is 5.84. The molecule has 98 valence electrons. The van der Waals surface area contributed by atoms with E-state index < -0.39 is 18.8 Å². The van der Waals surface area contributed by atoms with E-state index in [0.29, 0.717) is 0 Å². The number of rotatable bonds is 3. The Hall–Kier alpha value is -1.04. The van der Waals surface area contributed by atoms with Crippen molar-refractivity contribution in [1.29, 1.82) is 0 Å². The van der Waals surface area contributed by atoms with Crippen molar-refractivity contribution in [2.45, 2.75) is 39.0 Å². The first kappa shape index (κ1) is 14.0. The highest BCUT2D eigenvalue weighted by atomic mass is 19.4. The van der Waals surface area contributed by atoms with Crippen molar-refractivity contribution in [2.24, 2.45) is 5.92 Å². The van der Waals surface area contributed by atoms with Gasteiger partial charge >= 0.3 is 6.18 Å². The third kappa shape index (κ3) is 3.73. The number of amides is 1. The Balaban J connectivity index is 2.71. The molecule has 1 N–H and O–H groups in total. The van der Waals surface area contributed by atoms with E-state index in [1.54, 1.807) is 19.2 Å². The van der Waals surface area contributed by atoms with Gasteiger partial charge < -0.3 is 4.90 Å². The Morgan fingerprint density at radius 1 is 1.47 bits per heavy atom. The highest BCUT2D eigenvalue weighted by Crippen LogP contribution is 2.19. The first-order valence-electron chi connectivity index (χ1n) is 5.53. The van der Waals surface area contributed by atoms with Crippen LogP contribution in [0.25, 0.3) is 0 Å². The Bertz CT molecular complexity index is 312. The molecule has 1 aliphatic rings. The van der Waals surface area contributed by atoms with Gasteiger partial charge in [-0.15, -0.1) is 0 Å². The molecule has 0 aromatic rings. The smallest absolute Gasteiger partial charge is 0.316 e. The fourth-order valence-corrected chi connectivity index (χ4v) is 1.72. The number of hydrogen-bond donors (Lipinski definition) is 1. The summed E-state index contributed by atoms with van der Waals surface area (Å²) < 4.78 is 36.3. The van der Waals surface area contributed by atoms with E-state index in [1.165, 1.54) is 4.90 Å². The number of nitrogens with zero attached hydrogens (tertiary/aromatic N) is 1. The molecule has 0 aromatic carbocycles. The van der Waals surface area contributed by atoms with Crippen LogP contribution in [0.2, 0.25) is 0 Å². The lowest BCUT2D eigenvalue weighted by atomic mass is 9.97. The maximum Gasteiger partial charge on any atom is 0.401 e. The van der Waals surface area contributed by atoms with Gasteiger partial charge in [0.25, 0.3) is 0 Å². The topological polar surface area (TPSA) is 32.3 Å². The first-order valence-corrected chi connectivity index (χ1v) is 5.53. The molecule has 3 nitrogen and oxygen atoms in total. The summed E-state index contributed by atoms with van der Waals surface area (Å²) in [5.41, 5.74) is 0. The molecule has 17 heavy (non-hydrogen) atoms. The van der Waals surface area contributed by atoms with Crippen LogP contribution in [0.15, 0.2) is 12.3 Å². The minimum Gasteiger partial charge on any atom is -0.316 e. The van der Waals surface area contributed by atoms with Gasteiger partial charge in [-0.3, -0.25) is 10.1 Å². The minimum absolute atomic E-state index is 0.0542. The summed E-state index contributed by atoms with van der Waals surface area (Å²) in [6.07, 6.45) is -0.914. The maximum absolute atomic E-state index is 12.1. The summed E-state index contributed by atoms with van der Waals surface area (Å²) in [7, 11) is 0. The van der Waals surface area contributed by atoms with Crippen LogP contribution in [-0.2, 0) is 4.79 Å². The number of carbonyl (C=O) groups excluding carboxylic acids is 1. The largest absolute Gasteiger partial charge is 0.401 e. The van der Waals surface area contributed by atoms with E-state index in [0.717, 1.165) is 0 Å². The molecule has 0 radical (unpaired) electrons. The molecule has 0 fully saturated rings. The molecule has 2 unspecified atom stereocenters. The van der Waals surface area contributed by atoms with E-state index in [2.05, 4.69) is 5.32 Å². The number of hydrogen-bond acceptors (Lipinski definition) is 2. The van der Waals surface area contributed by atoms with Crippen LogP contribution < -0.4 is 5.32 Å². The fraction of sp³-hybridized carbons (Fsp3) is 0.727. The van der Waals surface area contributed by atoms with Gasteiger partial charge in [-0.1, -0.05) is 13.0 Å². The molecular formula is C11H17F3N2O. The normalized spacial score (nSPS) is 25.8. The van der Waals surface area contributed by atoms with Crippen molar-refractivity contribution in [1.82, 2.24) is 10.2 Å². The zero-order valence-electron chi connectivity index (χ0n) is 10.1. The molecule has 1 amide bonds. The molecule has 0 aliphatic carbocycles. The average molecular weight is 250 g/mol. The van der Waals surface area contributed by atoms with Gasteiger partial charge in [0.15, 0.2) is 0 Å². The highest BCUT2D eigenvalue weighted by Gasteiger charge is 2.35. The van der Waals surface area contributed by atoms with Crippen molar-refractivity contribution in [3.05, 3.63) is 12.3 Å². The van der Waals surface area contributed by atoms with E-state index in [4.69, 9.17) is 0 Å². The summed E-state index contributed by atoms with van der Waals surface area (Å²) in [5, 5.41) is 2.28. The van der Waals surface area contributed by atoms with E-state index in [9.17, 15) is 18.0 Å². The van der Waals surface area contributed by atoms with Crippen molar-refractivity contribution >= 4 is 5.91 Å². The first-order chi connectivity index (χ1) is 7.72. The summed E-state index contributed by atoms with van der Waals surface area (Å²) in [4.78, 5) is 13.4. The van der Waals surface area contributed by atoms with E-state index >= 15 is 0 Å². The monoisotopic (exact) mass is 250 g/mol. The van der Waals surface area contributed by atoms with Gasteiger partial charge in [0.2, 0.25) is 5.91 Å². The number of halogens is 3. The fourth-order valence-electron chi connectivity index (χ4n) is 1.72. The average Bonchev–Trinajstić information content (AvgIpc) is 2.14. The lowest BCUT2D eigenvalue weighted by Crippen LogP contribution is -2.53. The zero-order chi connectivity index (χ0) is 13.2. The Kier molecular flexibility index (Phi) is 4.19. The summed E-state index contributed by atoms with van der Waals surface area (Å²) in [6.45, 7) is 4.21. The lowest BCUT2D eigenvalue weighted by molar-refractivity contribution is -0.139. The molecule has 0 saturated heterocycles. The molecule has 0 aromatic heterocycles. The number of carbonyl (C=O) groups is 1. The van der Waals surface area contributed by atoms with Crippen molar-refractivity contribution in [3.8, 4) is 0 Å². The predicted molar refractivity (Wildman–Crippen MR) is 58.1 cm³/mol. The van der Waals surface area contributed by atoms with Crippen LogP contribution >= 0.6 is 0 Å². The van der Waals surface area contributed by atoms with Crippen LogP contribution in [0.4, 0.5) is 13.2 Å². The lowest BCUT2D eigenvalue weighted by Gasteiger charge is -2.34. The summed E-state index contributed by atoms with van der Waals surface area (Å²) in [5.74, 6) is -0.542. The minimum atomic E-state index is -4.30. The number of nitrogens with one attached hydrogen (secondary N) is 1. The SMILES string of the molecule is CC1C=CN(C(C)C)C(=O)C1NCC(F)(F)F. The molecule has 1 aliphatic heterocycles. The van der Waals surface area contributed by atoms with Gasteiger partial charge in [-0.05, 0) is 13.8 Å².